The van der Waals surface area contributed by atoms with Crippen molar-refractivity contribution in [2.75, 3.05) is 11.9 Å². The molecule has 102 valence electrons. The summed E-state index contributed by atoms with van der Waals surface area (Å²) in [4.78, 5) is 36.3. The summed E-state index contributed by atoms with van der Waals surface area (Å²) < 4.78 is 0. The molecule has 1 aromatic heterocycles. The van der Waals surface area contributed by atoms with Crippen molar-refractivity contribution in [3.8, 4) is 0 Å². The Bertz CT molecular complexity index is 564. The fourth-order valence-corrected chi connectivity index (χ4v) is 3.45. The third kappa shape index (κ3) is 2.60. The quantitative estimate of drug-likeness (QED) is 0.856. The maximum atomic E-state index is 11.4. The van der Waals surface area contributed by atoms with Gasteiger partial charge in [-0.1, -0.05) is 0 Å². The van der Waals surface area contributed by atoms with Crippen molar-refractivity contribution in [1.82, 2.24) is 4.90 Å². The van der Waals surface area contributed by atoms with Crippen molar-refractivity contribution < 1.29 is 19.5 Å². The zero-order chi connectivity index (χ0) is 14.2. The van der Waals surface area contributed by atoms with Crippen LogP contribution in [0.4, 0.5) is 5.00 Å². The molecule has 0 atom stereocenters. The number of hydrogen-bond acceptors (Lipinski definition) is 4. The predicted octanol–water partition coefficient (Wildman–Crippen LogP) is 1.31. The summed E-state index contributed by atoms with van der Waals surface area (Å²) in [6, 6.07) is 0. The van der Waals surface area contributed by atoms with E-state index in [9.17, 15) is 19.5 Å². The summed E-state index contributed by atoms with van der Waals surface area (Å²) in [6.07, 6.45) is 0.507. The van der Waals surface area contributed by atoms with Gasteiger partial charge in [0.1, 0.15) is 5.00 Å². The highest BCUT2D eigenvalue weighted by Crippen LogP contribution is 2.37. The van der Waals surface area contributed by atoms with E-state index in [2.05, 4.69) is 5.32 Å². The maximum Gasteiger partial charge on any atom is 0.339 e. The molecule has 6 nitrogen and oxygen atoms in total. The summed E-state index contributed by atoms with van der Waals surface area (Å²) in [7, 11) is 0. The molecule has 1 aliphatic rings. The van der Waals surface area contributed by atoms with Crippen LogP contribution in [-0.2, 0) is 22.6 Å². The number of carboxylic acids is 1. The number of thiophene rings is 1. The molecule has 0 aliphatic carbocycles. The van der Waals surface area contributed by atoms with Crippen molar-refractivity contribution in [1.29, 1.82) is 0 Å². The number of carboxylic acid groups (broad SMARTS) is 1. The van der Waals surface area contributed by atoms with Gasteiger partial charge < -0.3 is 15.3 Å². The number of rotatable bonds is 2. The molecule has 0 fully saturated rings. The molecule has 0 aromatic carbocycles. The lowest BCUT2D eigenvalue weighted by Crippen LogP contribution is -2.33. The summed E-state index contributed by atoms with van der Waals surface area (Å²) in [5.74, 6) is -1.38. The van der Waals surface area contributed by atoms with E-state index in [4.69, 9.17) is 0 Å². The van der Waals surface area contributed by atoms with Crippen molar-refractivity contribution in [2.45, 2.75) is 26.8 Å². The molecular formula is C12H14N2O4S. The SMILES string of the molecule is CC(=O)Nc1sc2c(c1C(=O)O)CCN(C(C)=O)C2. The highest BCUT2D eigenvalue weighted by atomic mass is 32.1. The van der Waals surface area contributed by atoms with Crippen molar-refractivity contribution >= 4 is 34.1 Å². The second-order valence-electron chi connectivity index (χ2n) is 4.38. The van der Waals surface area contributed by atoms with Gasteiger partial charge in [0.05, 0.1) is 12.1 Å². The van der Waals surface area contributed by atoms with Gasteiger partial charge in [-0.05, 0) is 12.0 Å². The molecule has 19 heavy (non-hydrogen) atoms. The van der Waals surface area contributed by atoms with Crippen LogP contribution in [0.1, 0.15) is 34.6 Å². The minimum atomic E-state index is -1.04. The molecule has 0 saturated heterocycles. The highest BCUT2D eigenvalue weighted by molar-refractivity contribution is 7.17. The molecule has 1 aromatic rings. The Morgan fingerprint density at radius 1 is 1.32 bits per heavy atom. The van der Waals surface area contributed by atoms with Gasteiger partial charge in [-0.25, -0.2) is 4.79 Å². The van der Waals surface area contributed by atoms with Crippen molar-refractivity contribution in [3.05, 3.63) is 16.0 Å². The molecule has 2 N–H and O–H groups in total. The van der Waals surface area contributed by atoms with E-state index < -0.39 is 5.97 Å². The lowest BCUT2D eigenvalue weighted by Gasteiger charge is -2.25. The number of anilines is 1. The van der Waals surface area contributed by atoms with Crippen LogP contribution in [0.3, 0.4) is 0 Å². The van der Waals surface area contributed by atoms with Crippen LogP contribution in [0.5, 0.6) is 0 Å². The van der Waals surface area contributed by atoms with Gasteiger partial charge in [0.2, 0.25) is 11.8 Å². The summed E-state index contributed by atoms with van der Waals surface area (Å²) in [6.45, 7) is 3.76. The van der Waals surface area contributed by atoms with Crippen LogP contribution in [0.2, 0.25) is 0 Å². The Labute approximate surface area is 114 Å². The van der Waals surface area contributed by atoms with Crippen LogP contribution in [-0.4, -0.2) is 34.3 Å². The third-order valence-electron chi connectivity index (χ3n) is 3.01. The van der Waals surface area contributed by atoms with E-state index in [0.717, 1.165) is 10.4 Å². The number of carbonyl (C=O) groups is 3. The molecule has 2 rings (SSSR count). The molecule has 0 unspecified atom stereocenters. The molecule has 0 spiro atoms. The molecule has 0 radical (unpaired) electrons. The fourth-order valence-electron chi connectivity index (χ4n) is 2.15. The molecule has 0 bridgehead atoms. The molecule has 0 saturated carbocycles. The number of amides is 2. The number of nitrogens with one attached hydrogen (secondary N) is 1. The van der Waals surface area contributed by atoms with Crippen LogP contribution in [0, 0.1) is 0 Å². The summed E-state index contributed by atoms with van der Waals surface area (Å²) in [5.41, 5.74) is 0.900. The van der Waals surface area contributed by atoms with Gasteiger partial charge in [-0.15, -0.1) is 11.3 Å². The van der Waals surface area contributed by atoms with E-state index in [-0.39, 0.29) is 17.4 Å². The standard InChI is InChI=1S/C12H14N2O4S/c1-6(15)13-11-10(12(17)18)8-3-4-14(7(2)16)5-9(8)19-11/h3-5H2,1-2H3,(H,13,15)(H,17,18). The first-order valence-electron chi connectivity index (χ1n) is 5.81. The Kier molecular flexibility index (Phi) is 3.57. The molecule has 2 heterocycles. The first-order valence-corrected chi connectivity index (χ1v) is 6.62. The van der Waals surface area contributed by atoms with Crippen LogP contribution in [0.15, 0.2) is 0 Å². The lowest BCUT2D eigenvalue weighted by atomic mass is 10.0. The summed E-state index contributed by atoms with van der Waals surface area (Å²) in [5, 5.41) is 12.2. The number of nitrogens with zero attached hydrogens (tertiary/aromatic N) is 1. The third-order valence-corrected chi connectivity index (χ3v) is 4.14. The van der Waals surface area contributed by atoms with Gasteiger partial charge >= 0.3 is 5.97 Å². The fraction of sp³-hybridized carbons (Fsp3) is 0.417. The minimum absolute atomic E-state index is 0.0306. The Hall–Kier alpha value is -1.89. The molecule has 7 heteroatoms. The van der Waals surface area contributed by atoms with Crippen molar-refractivity contribution in [2.24, 2.45) is 0 Å². The first-order chi connectivity index (χ1) is 8.90. The van der Waals surface area contributed by atoms with Crippen LogP contribution in [0.25, 0.3) is 0 Å². The highest BCUT2D eigenvalue weighted by Gasteiger charge is 2.28. The lowest BCUT2D eigenvalue weighted by molar-refractivity contribution is -0.129. The van der Waals surface area contributed by atoms with E-state index >= 15 is 0 Å². The summed E-state index contributed by atoms with van der Waals surface area (Å²) >= 11 is 1.23. The maximum absolute atomic E-state index is 11.4. The van der Waals surface area contributed by atoms with Gasteiger partial charge in [0.15, 0.2) is 0 Å². The van der Waals surface area contributed by atoms with Gasteiger partial charge in [-0.2, -0.15) is 0 Å². The molecular weight excluding hydrogens is 268 g/mol. The number of aromatic carboxylic acids is 1. The monoisotopic (exact) mass is 282 g/mol. The van der Waals surface area contributed by atoms with Crippen molar-refractivity contribution in [3.63, 3.8) is 0 Å². The van der Waals surface area contributed by atoms with E-state index in [0.29, 0.717) is 24.5 Å². The van der Waals surface area contributed by atoms with E-state index in [1.54, 1.807) is 4.90 Å². The average Bonchev–Trinajstić information content (AvgIpc) is 2.64. The van der Waals surface area contributed by atoms with E-state index in [1.165, 1.54) is 25.2 Å². The zero-order valence-electron chi connectivity index (χ0n) is 10.6. The average molecular weight is 282 g/mol. The normalized spacial score (nSPS) is 13.9. The minimum Gasteiger partial charge on any atom is -0.478 e. The van der Waals surface area contributed by atoms with Crippen LogP contribution < -0.4 is 5.32 Å². The number of hydrogen-bond donors (Lipinski definition) is 2. The zero-order valence-corrected chi connectivity index (χ0v) is 11.5. The second kappa shape index (κ2) is 5.00. The van der Waals surface area contributed by atoms with Gasteiger partial charge in [-0.3, -0.25) is 9.59 Å². The Morgan fingerprint density at radius 3 is 2.53 bits per heavy atom. The van der Waals surface area contributed by atoms with Gasteiger partial charge in [0.25, 0.3) is 0 Å². The largest absolute Gasteiger partial charge is 0.478 e. The van der Waals surface area contributed by atoms with Gasteiger partial charge in [0, 0.05) is 25.3 Å². The second-order valence-corrected chi connectivity index (χ2v) is 5.49. The van der Waals surface area contributed by atoms with Crippen LogP contribution >= 0.6 is 11.3 Å². The molecule has 2 amide bonds. The van der Waals surface area contributed by atoms with E-state index in [1.807, 2.05) is 0 Å². The molecule has 1 aliphatic heterocycles. The topological polar surface area (TPSA) is 86.7 Å². The Morgan fingerprint density at radius 2 is 2.00 bits per heavy atom. The number of fused-ring (bicyclic) bond motifs is 1. The first kappa shape index (κ1) is 13.5. The Balaban J connectivity index is 2.41. The predicted molar refractivity (Wildman–Crippen MR) is 70.4 cm³/mol. The smallest absolute Gasteiger partial charge is 0.339 e. The number of carbonyl (C=O) groups excluding carboxylic acids is 2.